The van der Waals surface area contributed by atoms with Gasteiger partial charge in [0, 0.05) is 24.5 Å². The smallest absolute Gasteiger partial charge is 0.0406 e. The third-order valence-corrected chi connectivity index (χ3v) is 3.39. The van der Waals surface area contributed by atoms with Crippen molar-refractivity contribution in [2.24, 2.45) is 0 Å². The monoisotopic (exact) mass is 204 g/mol. The zero-order valence-corrected chi connectivity index (χ0v) is 9.53. The van der Waals surface area contributed by atoms with Gasteiger partial charge in [0.05, 0.1) is 0 Å². The van der Waals surface area contributed by atoms with Crippen molar-refractivity contribution in [3.63, 3.8) is 0 Å². The topological polar surface area (TPSA) is 15.3 Å². The zero-order valence-electron chi connectivity index (χ0n) is 8.77. The molecule has 0 aromatic rings. The van der Waals surface area contributed by atoms with Gasteiger partial charge < -0.3 is 10.2 Å². The Bertz CT molecular complexity index is 142. The van der Waals surface area contributed by atoms with Crippen molar-refractivity contribution < 1.29 is 0 Å². The summed E-state index contributed by atoms with van der Waals surface area (Å²) < 4.78 is 0. The summed E-state index contributed by atoms with van der Waals surface area (Å²) in [7, 11) is 4.20. The molecule has 0 unspecified atom stereocenters. The Balaban J connectivity index is 2.23. The second kappa shape index (κ2) is 5.18. The minimum Gasteiger partial charge on any atom is -0.309 e. The lowest BCUT2D eigenvalue weighted by Crippen LogP contribution is -2.46. The second-order valence-corrected chi connectivity index (χ2v) is 4.62. The lowest BCUT2D eigenvalue weighted by molar-refractivity contribution is 0.328. The van der Waals surface area contributed by atoms with Gasteiger partial charge in [-0.1, -0.05) is 12.8 Å². The van der Waals surface area contributed by atoms with E-state index in [4.69, 9.17) is 11.6 Å². The van der Waals surface area contributed by atoms with Gasteiger partial charge in [-0.05, 0) is 26.9 Å². The Morgan fingerprint density at radius 2 is 1.92 bits per heavy atom. The summed E-state index contributed by atoms with van der Waals surface area (Å²) in [6.45, 7) is 2.15. The highest BCUT2D eigenvalue weighted by Gasteiger charge is 2.31. The molecule has 1 saturated carbocycles. The zero-order chi connectivity index (χ0) is 9.73. The number of halogens is 1. The highest BCUT2D eigenvalue weighted by molar-refractivity contribution is 6.18. The number of nitrogens with zero attached hydrogens (tertiary/aromatic N) is 1. The van der Waals surface area contributed by atoms with E-state index in [9.17, 15) is 0 Å². The van der Waals surface area contributed by atoms with Crippen molar-refractivity contribution in [2.45, 2.75) is 31.2 Å². The maximum Gasteiger partial charge on any atom is 0.0406 e. The van der Waals surface area contributed by atoms with Gasteiger partial charge in [0.25, 0.3) is 0 Å². The van der Waals surface area contributed by atoms with Crippen LogP contribution in [0.15, 0.2) is 0 Å². The molecule has 2 nitrogen and oxygen atoms in total. The number of hydrogen-bond donors (Lipinski definition) is 1. The molecule has 0 atom stereocenters. The fourth-order valence-corrected chi connectivity index (χ4v) is 2.32. The van der Waals surface area contributed by atoms with E-state index in [1.807, 2.05) is 0 Å². The number of nitrogens with one attached hydrogen (secondary N) is 1. The van der Waals surface area contributed by atoms with Crippen molar-refractivity contribution in [2.75, 3.05) is 33.1 Å². The first kappa shape index (κ1) is 11.3. The third kappa shape index (κ3) is 3.45. The molecule has 0 bridgehead atoms. The van der Waals surface area contributed by atoms with E-state index in [-0.39, 0.29) is 5.54 Å². The summed E-state index contributed by atoms with van der Waals surface area (Å²) in [6, 6.07) is 0. The van der Waals surface area contributed by atoms with Crippen LogP contribution in [0.25, 0.3) is 0 Å². The molecule has 13 heavy (non-hydrogen) atoms. The lowest BCUT2D eigenvalue weighted by Gasteiger charge is -2.28. The van der Waals surface area contributed by atoms with Crippen molar-refractivity contribution >= 4 is 11.6 Å². The van der Waals surface area contributed by atoms with Gasteiger partial charge in [0.15, 0.2) is 0 Å². The van der Waals surface area contributed by atoms with Gasteiger partial charge in [0.2, 0.25) is 0 Å². The van der Waals surface area contributed by atoms with Crippen LogP contribution in [0, 0.1) is 0 Å². The van der Waals surface area contributed by atoms with E-state index >= 15 is 0 Å². The SMILES string of the molecule is CN(C)CCNC1(CCl)CCCC1. The molecule has 0 aliphatic heterocycles. The van der Waals surface area contributed by atoms with Crippen LogP contribution in [0.2, 0.25) is 0 Å². The van der Waals surface area contributed by atoms with E-state index in [1.165, 1.54) is 25.7 Å². The normalized spacial score (nSPS) is 21.2. The molecule has 0 radical (unpaired) electrons. The van der Waals surface area contributed by atoms with Crippen molar-refractivity contribution in [3.8, 4) is 0 Å². The Labute approximate surface area is 86.6 Å². The summed E-state index contributed by atoms with van der Waals surface area (Å²) in [6.07, 6.45) is 5.18. The Morgan fingerprint density at radius 1 is 1.31 bits per heavy atom. The maximum atomic E-state index is 6.00. The highest BCUT2D eigenvalue weighted by atomic mass is 35.5. The van der Waals surface area contributed by atoms with Gasteiger partial charge >= 0.3 is 0 Å². The van der Waals surface area contributed by atoms with Crippen LogP contribution >= 0.6 is 11.6 Å². The molecule has 1 fully saturated rings. The summed E-state index contributed by atoms with van der Waals surface area (Å²) >= 11 is 6.00. The van der Waals surface area contributed by atoms with E-state index in [1.54, 1.807) is 0 Å². The van der Waals surface area contributed by atoms with Gasteiger partial charge in [-0.15, -0.1) is 11.6 Å². The van der Waals surface area contributed by atoms with Crippen LogP contribution in [0.4, 0.5) is 0 Å². The van der Waals surface area contributed by atoms with Crippen LogP contribution in [0.5, 0.6) is 0 Å². The molecule has 0 amide bonds. The van der Waals surface area contributed by atoms with Crippen LogP contribution < -0.4 is 5.32 Å². The fraction of sp³-hybridized carbons (Fsp3) is 1.00. The van der Waals surface area contributed by atoms with Crippen LogP contribution in [0.1, 0.15) is 25.7 Å². The van der Waals surface area contributed by atoms with Crippen molar-refractivity contribution in [1.29, 1.82) is 0 Å². The van der Waals surface area contributed by atoms with Crippen LogP contribution in [-0.4, -0.2) is 43.5 Å². The minimum atomic E-state index is 0.261. The second-order valence-electron chi connectivity index (χ2n) is 4.35. The highest BCUT2D eigenvalue weighted by Crippen LogP contribution is 2.30. The molecule has 0 aromatic carbocycles. The van der Waals surface area contributed by atoms with Gasteiger partial charge in [-0.25, -0.2) is 0 Å². The molecule has 1 aliphatic carbocycles. The summed E-state index contributed by atoms with van der Waals surface area (Å²) in [5, 5.41) is 3.60. The minimum absolute atomic E-state index is 0.261. The van der Waals surface area contributed by atoms with E-state index in [0.29, 0.717) is 0 Å². The average Bonchev–Trinajstić information content (AvgIpc) is 2.53. The van der Waals surface area contributed by atoms with E-state index in [2.05, 4.69) is 24.3 Å². The number of rotatable bonds is 5. The standard InChI is InChI=1S/C10H21ClN2/c1-13(2)8-7-12-10(9-11)5-3-4-6-10/h12H,3-9H2,1-2H3. The van der Waals surface area contributed by atoms with Gasteiger partial charge in [-0.2, -0.15) is 0 Å². The molecular weight excluding hydrogens is 184 g/mol. The Morgan fingerprint density at radius 3 is 2.38 bits per heavy atom. The Hall–Kier alpha value is 0.210. The predicted molar refractivity (Wildman–Crippen MR) is 58.5 cm³/mol. The summed E-state index contributed by atoms with van der Waals surface area (Å²) in [5.74, 6) is 0.764. The number of likely N-dealkylation sites (N-methyl/N-ethyl adjacent to an activating group) is 1. The lowest BCUT2D eigenvalue weighted by atomic mass is 10.0. The number of alkyl halides is 1. The van der Waals surface area contributed by atoms with Gasteiger partial charge in [0.1, 0.15) is 0 Å². The number of hydrogen-bond acceptors (Lipinski definition) is 2. The largest absolute Gasteiger partial charge is 0.309 e. The summed E-state index contributed by atoms with van der Waals surface area (Å²) in [5.41, 5.74) is 0.261. The average molecular weight is 205 g/mol. The molecular formula is C10H21ClN2. The molecule has 0 spiro atoms. The van der Waals surface area contributed by atoms with Crippen LogP contribution in [0.3, 0.4) is 0 Å². The molecule has 0 heterocycles. The van der Waals surface area contributed by atoms with E-state index < -0.39 is 0 Å². The Kier molecular flexibility index (Phi) is 4.50. The molecule has 0 aromatic heterocycles. The predicted octanol–water partition coefficient (Wildman–Crippen LogP) is 1.69. The first-order valence-corrected chi connectivity index (χ1v) is 5.68. The molecule has 1 aliphatic rings. The van der Waals surface area contributed by atoms with Gasteiger partial charge in [-0.3, -0.25) is 0 Å². The summed E-state index contributed by atoms with van der Waals surface area (Å²) in [4.78, 5) is 2.20. The first-order chi connectivity index (χ1) is 6.18. The van der Waals surface area contributed by atoms with Crippen molar-refractivity contribution in [3.05, 3.63) is 0 Å². The molecule has 1 N–H and O–H groups in total. The quantitative estimate of drug-likeness (QED) is 0.686. The molecule has 3 heteroatoms. The third-order valence-electron chi connectivity index (χ3n) is 2.88. The molecule has 78 valence electrons. The van der Waals surface area contributed by atoms with Crippen molar-refractivity contribution in [1.82, 2.24) is 10.2 Å². The first-order valence-electron chi connectivity index (χ1n) is 5.14. The van der Waals surface area contributed by atoms with Crippen LogP contribution in [-0.2, 0) is 0 Å². The molecule has 1 rings (SSSR count). The van der Waals surface area contributed by atoms with E-state index in [0.717, 1.165) is 19.0 Å². The fourth-order valence-electron chi connectivity index (χ4n) is 1.95. The molecule has 0 saturated heterocycles. The maximum absolute atomic E-state index is 6.00.